The van der Waals surface area contributed by atoms with Crippen molar-refractivity contribution in [1.82, 2.24) is 0 Å². The summed E-state index contributed by atoms with van der Waals surface area (Å²) in [6.07, 6.45) is 0.964. The van der Waals surface area contributed by atoms with Crippen molar-refractivity contribution < 1.29 is 14.0 Å². The number of ether oxygens (including phenoxy) is 1. The van der Waals surface area contributed by atoms with Crippen LogP contribution in [0.5, 0.6) is 5.75 Å². The van der Waals surface area contributed by atoms with E-state index in [4.69, 9.17) is 14.0 Å². The van der Waals surface area contributed by atoms with Gasteiger partial charge in [0.25, 0.3) is 0 Å². The molecule has 14 heavy (non-hydrogen) atoms. The van der Waals surface area contributed by atoms with Gasteiger partial charge in [-0.3, -0.25) is 0 Å². The predicted molar refractivity (Wildman–Crippen MR) is 54.9 cm³/mol. The molecule has 1 aliphatic heterocycles. The van der Waals surface area contributed by atoms with E-state index in [0.29, 0.717) is 0 Å². The largest absolute Gasteiger partial charge is 0.497 e. The molecule has 0 aromatic heterocycles. The Hall–Kier alpha value is -0.995. The van der Waals surface area contributed by atoms with Crippen LogP contribution in [0.25, 0.3) is 0 Å². The van der Waals surface area contributed by atoms with E-state index in [0.717, 1.165) is 30.8 Å². The van der Waals surface area contributed by atoms with Crippen LogP contribution in [-0.4, -0.2) is 27.4 Å². The lowest BCUT2D eigenvalue weighted by atomic mass is 9.77. The third-order valence-electron chi connectivity index (χ3n) is 2.22. The zero-order valence-corrected chi connectivity index (χ0v) is 8.23. The molecule has 3 nitrogen and oxygen atoms in total. The Balaban J connectivity index is 2.20. The van der Waals surface area contributed by atoms with Crippen molar-refractivity contribution in [2.45, 2.75) is 6.42 Å². The van der Waals surface area contributed by atoms with Crippen LogP contribution in [0.2, 0.25) is 0 Å². The Morgan fingerprint density at radius 1 is 1.21 bits per heavy atom. The molecule has 1 aliphatic rings. The van der Waals surface area contributed by atoms with Crippen molar-refractivity contribution in [3.05, 3.63) is 24.3 Å². The molecule has 74 valence electrons. The third-order valence-corrected chi connectivity index (χ3v) is 2.22. The normalized spacial score (nSPS) is 16.8. The van der Waals surface area contributed by atoms with Gasteiger partial charge < -0.3 is 14.0 Å². The molecule has 0 aliphatic carbocycles. The van der Waals surface area contributed by atoms with Gasteiger partial charge in [0.05, 0.1) is 7.11 Å². The summed E-state index contributed by atoms with van der Waals surface area (Å²) in [6.45, 7) is 1.51. The van der Waals surface area contributed by atoms with Crippen molar-refractivity contribution in [1.29, 1.82) is 0 Å². The van der Waals surface area contributed by atoms with Crippen LogP contribution in [0, 0.1) is 0 Å². The molecule has 1 fully saturated rings. The summed E-state index contributed by atoms with van der Waals surface area (Å²) in [4.78, 5) is 0. The van der Waals surface area contributed by atoms with Crippen molar-refractivity contribution in [2.24, 2.45) is 0 Å². The van der Waals surface area contributed by atoms with E-state index in [-0.39, 0.29) is 7.12 Å². The van der Waals surface area contributed by atoms with Crippen LogP contribution >= 0.6 is 0 Å². The van der Waals surface area contributed by atoms with E-state index in [1.165, 1.54) is 0 Å². The van der Waals surface area contributed by atoms with Gasteiger partial charge in [-0.05, 0) is 12.5 Å². The summed E-state index contributed by atoms with van der Waals surface area (Å²) in [5.41, 5.74) is 0.967. The number of hydrogen-bond acceptors (Lipinski definition) is 3. The fraction of sp³-hybridized carbons (Fsp3) is 0.400. The Labute approximate surface area is 84.1 Å². The maximum absolute atomic E-state index is 5.50. The van der Waals surface area contributed by atoms with E-state index in [2.05, 4.69) is 0 Å². The summed E-state index contributed by atoms with van der Waals surface area (Å²) < 4.78 is 16.2. The quantitative estimate of drug-likeness (QED) is 0.649. The molecule has 1 heterocycles. The topological polar surface area (TPSA) is 27.7 Å². The van der Waals surface area contributed by atoms with E-state index < -0.39 is 0 Å². The van der Waals surface area contributed by atoms with Crippen LogP contribution in [-0.2, 0) is 9.31 Å². The van der Waals surface area contributed by atoms with Crippen molar-refractivity contribution in [3.8, 4) is 5.75 Å². The minimum Gasteiger partial charge on any atom is -0.497 e. The lowest BCUT2D eigenvalue weighted by Crippen LogP contribution is -2.41. The molecule has 1 aromatic rings. The molecule has 0 unspecified atom stereocenters. The van der Waals surface area contributed by atoms with Gasteiger partial charge in [0.15, 0.2) is 0 Å². The second-order valence-corrected chi connectivity index (χ2v) is 3.17. The minimum atomic E-state index is -0.264. The predicted octanol–water partition coefficient (Wildman–Crippen LogP) is 0.827. The first kappa shape index (κ1) is 9.56. The Morgan fingerprint density at radius 3 is 2.64 bits per heavy atom. The SMILES string of the molecule is COc1ccccc1B1OCCCO1. The molecule has 0 saturated carbocycles. The monoisotopic (exact) mass is 192 g/mol. The van der Waals surface area contributed by atoms with E-state index in [1.54, 1.807) is 7.11 Å². The van der Waals surface area contributed by atoms with E-state index in [1.807, 2.05) is 24.3 Å². The highest BCUT2D eigenvalue weighted by Crippen LogP contribution is 2.10. The summed E-state index contributed by atoms with van der Waals surface area (Å²) >= 11 is 0. The molecule has 2 rings (SSSR count). The summed E-state index contributed by atoms with van der Waals surface area (Å²) in [7, 11) is 1.39. The average Bonchev–Trinajstić information content (AvgIpc) is 2.30. The van der Waals surface area contributed by atoms with Gasteiger partial charge in [-0.15, -0.1) is 0 Å². The fourth-order valence-corrected chi connectivity index (χ4v) is 1.53. The molecule has 0 spiro atoms. The van der Waals surface area contributed by atoms with Crippen LogP contribution in [0.3, 0.4) is 0 Å². The second-order valence-electron chi connectivity index (χ2n) is 3.17. The smallest absolute Gasteiger partial charge is 0.497 e. The Kier molecular flexibility index (Phi) is 3.06. The molecule has 0 amide bonds. The second kappa shape index (κ2) is 4.48. The van der Waals surface area contributed by atoms with Crippen LogP contribution < -0.4 is 10.2 Å². The van der Waals surface area contributed by atoms with Gasteiger partial charge in [-0.2, -0.15) is 0 Å². The molecule has 1 saturated heterocycles. The standard InChI is InChI=1S/C10H13BO3/c1-12-10-6-3-2-5-9(10)11-13-7-4-8-14-11/h2-3,5-6H,4,7-8H2,1H3. The van der Waals surface area contributed by atoms with Gasteiger partial charge >= 0.3 is 7.12 Å². The first-order chi connectivity index (χ1) is 6.92. The minimum absolute atomic E-state index is 0.264. The molecule has 1 aromatic carbocycles. The lowest BCUT2D eigenvalue weighted by Gasteiger charge is -2.21. The van der Waals surface area contributed by atoms with E-state index in [9.17, 15) is 0 Å². The average molecular weight is 192 g/mol. The molecule has 0 radical (unpaired) electrons. The number of hydrogen-bond donors (Lipinski definition) is 0. The van der Waals surface area contributed by atoms with Gasteiger partial charge in [-0.25, -0.2) is 0 Å². The van der Waals surface area contributed by atoms with E-state index >= 15 is 0 Å². The van der Waals surface area contributed by atoms with Crippen molar-refractivity contribution in [2.75, 3.05) is 20.3 Å². The number of para-hydroxylation sites is 1. The van der Waals surface area contributed by atoms with Crippen molar-refractivity contribution in [3.63, 3.8) is 0 Å². The summed E-state index contributed by atoms with van der Waals surface area (Å²) in [5, 5.41) is 0. The zero-order chi connectivity index (χ0) is 9.80. The highest BCUT2D eigenvalue weighted by molar-refractivity contribution is 6.62. The molecular weight excluding hydrogens is 179 g/mol. The number of rotatable bonds is 2. The van der Waals surface area contributed by atoms with Crippen LogP contribution in [0.1, 0.15) is 6.42 Å². The summed E-state index contributed by atoms with van der Waals surface area (Å²) in [6, 6.07) is 7.77. The van der Waals surface area contributed by atoms with Gasteiger partial charge in [0, 0.05) is 18.7 Å². The Morgan fingerprint density at radius 2 is 1.93 bits per heavy atom. The van der Waals surface area contributed by atoms with Crippen molar-refractivity contribution >= 4 is 12.6 Å². The zero-order valence-electron chi connectivity index (χ0n) is 8.23. The number of benzene rings is 1. The molecule has 4 heteroatoms. The highest BCUT2D eigenvalue weighted by atomic mass is 16.6. The fourth-order valence-electron chi connectivity index (χ4n) is 1.53. The van der Waals surface area contributed by atoms with Gasteiger partial charge in [0.1, 0.15) is 5.75 Å². The third kappa shape index (κ3) is 1.91. The molecule has 0 bridgehead atoms. The first-order valence-corrected chi connectivity index (χ1v) is 4.78. The lowest BCUT2D eigenvalue weighted by molar-refractivity contribution is 0.143. The Bertz CT molecular complexity index is 297. The molecular formula is C10H13BO3. The maximum Gasteiger partial charge on any atom is 0.497 e. The van der Waals surface area contributed by atoms with Gasteiger partial charge in [-0.1, -0.05) is 18.2 Å². The highest BCUT2D eigenvalue weighted by Gasteiger charge is 2.27. The first-order valence-electron chi connectivity index (χ1n) is 4.78. The van der Waals surface area contributed by atoms with Crippen LogP contribution in [0.15, 0.2) is 24.3 Å². The number of methoxy groups -OCH3 is 1. The van der Waals surface area contributed by atoms with Crippen LogP contribution in [0.4, 0.5) is 0 Å². The van der Waals surface area contributed by atoms with Gasteiger partial charge in [0.2, 0.25) is 0 Å². The summed E-state index contributed by atoms with van der Waals surface area (Å²) in [5.74, 6) is 0.819. The molecule has 0 atom stereocenters. The maximum atomic E-state index is 5.50. The molecule has 0 N–H and O–H groups in total.